The number of sulfonamides is 1. The van der Waals surface area contributed by atoms with Gasteiger partial charge in [0.1, 0.15) is 24.0 Å². The van der Waals surface area contributed by atoms with E-state index in [1.54, 1.807) is 28.1 Å². The van der Waals surface area contributed by atoms with Crippen molar-refractivity contribution in [3.8, 4) is 0 Å². The van der Waals surface area contributed by atoms with E-state index in [-0.39, 0.29) is 37.2 Å². The van der Waals surface area contributed by atoms with Crippen molar-refractivity contribution in [2.45, 2.75) is 59.3 Å². The van der Waals surface area contributed by atoms with Gasteiger partial charge in [-0.15, -0.1) is 5.10 Å². The zero-order valence-corrected chi connectivity index (χ0v) is 22.5. The first-order valence-corrected chi connectivity index (χ1v) is 14.3. The summed E-state index contributed by atoms with van der Waals surface area (Å²) in [5.41, 5.74) is 2.52. The molecule has 4 rings (SSSR count). The van der Waals surface area contributed by atoms with Crippen molar-refractivity contribution in [1.29, 1.82) is 0 Å². The standard InChI is InChI=1S/C27H35N5O4S/c1-4-5-6-8-22-10-12-23(13-11-22)17-32-26(21(2)3)27(33)30(14-16-37(32,34)35)18-24-19-31(29-28-24)20-25-9-7-15-36-25/h6-13,15,19,21,26H,4-5,14,16-18,20H2,1-3H3. The highest BCUT2D eigenvalue weighted by Gasteiger charge is 2.42. The molecule has 9 nitrogen and oxygen atoms in total. The first-order chi connectivity index (χ1) is 17.8. The molecule has 0 saturated carbocycles. The summed E-state index contributed by atoms with van der Waals surface area (Å²) >= 11 is 0. The van der Waals surface area contributed by atoms with Crippen molar-refractivity contribution in [3.05, 3.63) is 77.5 Å². The second-order valence-corrected chi connectivity index (χ2v) is 11.8. The Morgan fingerprint density at radius 3 is 2.59 bits per heavy atom. The van der Waals surface area contributed by atoms with E-state index in [2.05, 4.69) is 29.4 Å². The summed E-state index contributed by atoms with van der Waals surface area (Å²) in [6.07, 6.45) is 9.66. The van der Waals surface area contributed by atoms with E-state index in [0.29, 0.717) is 12.2 Å². The van der Waals surface area contributed by atoms with Gasteiger partial charge in [-0.3, -0.25) is 4.79 Å². The molecule has 1 saturated heterocycles. The van der Waals surface area contributed by atoms with Crippen molar-refractivity contribution >= 4 is 22.0 Å². The monoisotopic (exact) mass is 525 g/mol. The molecule has 0 bridgehead atoms. The third kappa shape index (κ3) is 6.75. The lowest BCUT2D eigenvalue weighted by Crippen LogP contribution is -2.49. The average molecular weight is 526 g/mol. The fourth-order valence-electron chi connectivity index (χ4n) is 4.45. The number of furan rings is 1. The first-order valence-electron chi connectivity index (χ1n) is 12.7. The largest absolute Gasteiger partial charge is 0.467 e. The first kappa shape index (κ1) is 26.8. The summed E-state index contributed by atoms with van der Waals surface area (Å²) in [6.45, 7) is 6.79. The number of hydrogen-bond acceptors (Lipinski definition) is 6. The number of aromatic nitrogens is 3. The number of unbranched alkanes of at least 4 members (excludes halogenated alkanes) is 1. The molecule has 1 atom stereocenters. The number of carbonyl (C=O) groups excluding carboxylic acids is 1. The molecule has 0 radical (unpaired) electrons. The predicted molar refractivity (Wildman–Crippen MR) is 142 cm³/mol. The van der Waals surface area contributed by atoms with Gasteiger partial charge in [-0.05, 0) is 35.6 Å². The predicted octanol–water partition coefficient (Wildman–Crippen LogP) is 3.93. The molecule has 1 aliphatic heterocycles. The topological polar surface area (TPSA) is 102 Å². The van der Waals surface area contributed by atoms with Crippen LogP contribution < -0.4 is 0 Å². The molecule has 1 fully saturated rings. The zero-order valence-electron chi connectivity index (χ0n) is 21.7. The molecule has 10 heteroatoms. The smallest absolute Gasteiger partial charge is 0.241 e. The van der Waals surface area contributed by atoms with Crippen LogP contribution in [-0.2, 0) is 34.5 Å². The van der Waals surface area contributed by atoms with Gasteiger partial charge < -0.3 is 9.32 Å². The molecule has 0 aliphatic carbocycles. The molecule has 1 unspecified atom stereocenters. The molecule has 1 aliphatic rings. The van der Waals surface area contributed by atoms with E-state index < -0.39 is 16.1 Å². The molecular weight excluding hydrogens is 490 g/mol. The molecule has 198 valence electrons. The highest BCUT2D eigenvalue weighted by molar-refractivity contribution is 7.89. The van der Waals surface area contributed by atoms with Gasteiger partial charge in [0.2, 0.25) is 15.9 Å². The van der Waals surface area contributed by atoms with Crippen molar-refractivity contribution < 1.29 is 17.6 Å². The van der Waals surface area contributed by atoms with Crippen molar-refractivity contribution in [3.63, 3.8) is 0 Å². The van der Waals surface area contributed by atoms with E-state index in [9.17, 15) is 13.2 Å². The number of nitrogens with zero attached hydrogens (tertiary/aromatic N) is 5. The Hall–Kier alpha value is -3.24. The summed E-state index contributed by atoms with van der Waals surface area (Å²) < 4.78 is 35.1. The van der Waals surface area contributed by atoms with Crippen LogP contribution in [0.1, 0.15) is 56.2 Å². The summed E-state index contributed by atoms with van der Waals surface area (Å²) in [5, 5.41) is 8.32. The lowest BCUT2D eigenvalue weighted by Gasteiger charge is -2.32. The summed E-state index contributed by atoms with van der Waals surface area (Å²) in [7, 11) is -3.66. The molecular formula is C27H35N5O4S. The second-order valence-electron chi connectivity index (χ2n) is 9.73. The van der Waals surface area contributed by atoms with Crippen molar-refractivity contribution in [1.82, 2.24) is 24.2 Å². The second kappa shape index (κ2) is 11.9. The maximum absolute atomic E-state index is 13.7. The van der Waals surface area contributed by atoms with Crippen LogP contribution in [0, 0.1) is 5.92 Å². The lowest BCUT2D eigenvalue weighted by atomic mass is 10.0. The van der Waals surface area contributed by atoms with Gasteiger partial charge in [0.05, 0.1) is 24.8 Å². The van der Waals surface area contributed by atoms with Crippen LogP contribution in [0.4, 0.5) is 0 Å². The molecule has 0 N–H and O–H groups in total. The lowest BCUT2D eigenvalue weighted by molar-refractivity contribution is -0.136. The van der Waals surface area contributed by atoms with Crippen LogP contribution in [0.2, 0.25) is 0 Å². The van der Waals surface area contributed by atoms with Gasteiger partial charge in [-0.1, -0.05) is 68.8 Å². The number of amides is 1. The van der Waals surface area contributed by atoms with Crippen LogP contribution in [-0.4, -0.2) is 56.9 Å². The van der Waals surface area contributed by atoms with Crippen LogP contribution >= 0.6 is 0 Å². The Balaban J connectivity index is 1.51. The molecule has 37 heavy (non-hydrogen) atoms. The van der Waals surface area contributed by atoms with E-state index in [0.717, 1.165) is 29.7 Å². The minimum Gasteiger partial charge on any atom is -0.467 e. The maximum Gasteiger partial charge on any atom is 0.241 e. The quantitative estimate of drug-likeness (QED) is 0.398. The number of hydrogen-bond donors (Lipinski definition) is 0. The van der Waals surface area contributed by atoms with E-state index in [1.807, 2.05) is 44.2 Å². The van der Waals surface area contributed by atoms with Gasteiger partial charge in [-0.25, -0.2) is 13.1 Å². The number of benzene rings is 1. The molecule has 3 heterocycles. The van der Waals surface area contributed by atoms with Gasteiger partial charge in [0.25, 0.3) is 0 Å². The zero-order chi connectivity index (χ0) is 26.4. The summed E-state index contributed by atoms with van der Waals surface area (Å²) in [5.74, 6) is 0.193. The number of allylic oxidation sites excluding steroid dienone is 1. The Morgan fingerprint density at radius 2 is 1.92 bits per heavy atom. The van der Waals surface area contributed by atoms with Crippen LogP contribution in [0.5, 0.6) is 0 Å². The third-order valence-electron chi connectivity index (χ3n) is 6.40. The van der Waals surface area contributed by atoms with Gasteiger partial charge >= 0.3 is 0 Å². The minimum atomic E-state index is -3.66. The average Bonchev–Trinajstić information content (AvgIpc) is 3.52. The number of rotatable bonds is 10. The minimum absolute atomic E-state index is 0.104. The van der Waals surface area contributed by atoms with E-state index in [4.69, 9.17) is 4.42 Å². The molecule has 0 spiro atoms. The highest BCUT2D eigenvalue weighted by atomic mass is 32.2. The Morgan fingerprint density at radius 1 is 1.14 bits per heavy atom. The Kier molecular flexibility index (Phi) is 8.60. The van der Waals surface area contributed by atoms with Crippen molar-refractivity contribution in [2.24, 2.45) is 5.92 Å². The fourth-order valence-corrected chi connectivity index (χ4v) is 6.16. The van der Waals surface area contributed by atoms with Crippen LogP contribution in [0.3, 0.4) is 0 Å². The fraction of sp³-hybridized carbons (Fsp3) is 0.444. The Bertz CT molecular complexity index is 1300. The Labute approximate surface area is 218 Å². The summed E-state index contributed by atoms with van der Waals surface area (Å²) in [4.78, 5) is 15.3. The molecule has 1 aromatic carbocycles. The summed E-state index contributed by atoms with van der Waals surface area (Å²) in [6, 6.07) is 10.7. The molecule has 1 amide bonds. The SMILES string of the molecule is CCCC=Cc1ccc(CN2C(C(C)C)C(=O)N(Cc3cn(Cc4ccco4)nn3)CCS2(=O)=O)cc1. The van der Waals surface area contributed by atoms with Crippen molar-refractivity contribution in [2.75, 3.05) is 12.3 Å². The van der Waals surface area contributed by atoms with Gasteiger partial charge in [0.15, 0.2) is 0 Å². The molecule has 3 aromatic rings. The van der Waals surface area contributed by atoms with E-state index >= 15 is 0 Å². The highest BCUT2D eigenvalue weighted by Crippen LogP contribution is 2.25. The maximum atomic E-state index is 13.7. The van der Waals surface area contributed by atoms with Crippen LogP contribution in [0.15, 0.2) is 59.4 Å². The molecule has 2 aromatic heterocycles. The third-order valence-corrected chi connectivity index (χ3v) is 8.17. The van der Waals surface area contributed by atoms with Gasteiger partial charge in [-0.2, -0.15) is 4.31 Å². The van der Waals surface area contributed by atoms with E-state index in [1.165, 1.54) is 4.31 Å². The van der Waals surface area contributed by atoms with Crippen LogP contribution in [0.25, 0.3) is 6.08 Å². The number of carbonyl (C=O) groups is 1. The normalized spacial score (nSPS) is 18.6. The van der Waals surface area contributed by atoms with Gasteiger partial charge in [0, 0.05) is 13.1 Å².